The van der Waals surface area contributed by atoms with Crippen LogP contribution in [0.3, 0.4) is 0 Å². The smallest absolute Gasteiger partial charge is 0.159 e. The van der Waals surface area contributed by atoms with Gasteiger partial charge in [-0.2, -0.15) is 0 Å². The first-order valence-electron chi connectivity index (χ1n) is 26.4. The summed E-state index contributed by atoms with van der Waals surface area (Å²) in [6, 6.07) is 98.2. The lowest BCUT2D eigenvalue weighted by molar-refractivity contribution is 0.667. The number of fused-ring (bicyclic) bond motifs is 13. The van der Waals surface area contributed by atoms with Crippen molar-refractivity contribution in [3.05, 3.63) is 273 Å². The van der Waals surface area contributed by atoms with Crippen LogP contribution >= 0.6 is 11.3 Å². The summed E-state index contributed by atoms with van der Waals surface area (Å²) in [6.45, 7) is 0. The molecule has 4 aromatic heterocycles. The highest BCUT2D eigenvalue weighted by Gasteiger charge is 2.27. The summed E-state index contributed by atoms with van der Waals surface area (Å²) in [5, 5.41) is 9.15. The topological polar surface area (TPSA) is 37.7 Å². The second kappa shape index (κ2) is 17.7. The molecule has 0 bridgehead atoms. The van der Waals surface area contributed by atoms with Crippen LogP contribution in [0.25, 0.3) is 114 Å². The van der Waals surface area contributed by atoms with Crippen molar-refractivity contribution in [3.8, 4) is 27.9 Å². The van der Waals surface area contributed by atoms with Gasteiger partial charge < -0.3 is 23.2 Å². The maximum absolute atomic E-state index is 6.96. The minimum atomic E-state index is 0.800. The number of furan rings is 2. The maximum atomic E-state index is 6.96. The average Bonchev–Trinajstić information content (AvgIpc) is 4.46. The third kappa shape index (κ3) is 7.01. The molecule has 0 spiro atoms. The Balaban J connectivity index is 1.03. The van der Waals surface area contributed by atoms with Crippen molar-refractivity contribution in [2.24, 2.45) is 0 Å². The fourth-order valence-electron chi connectivity index (χ4n) is 12.1. The molecular weight excluding hydrogens is 971 g/mol. The first-order valence-corrected chi connectivity index (χ1v) is 27.2. The Morgan fingerprint density at radius 2 is 0.910 bits per heavy atom. The summed E-state index contributed by atoms with van der Waals surface area (Å²) in [6.07, 6.45) is 0. The second-order valence-electron chi connectivity index (χ2n) is 20.0. The van der Waals surface area contributed by atoms with E-state index in [1.165, 1.54) is 47.5 Å². The number of para-hydroxylation sites is 6. The molecule has 6 heteroatoms. The summed E-state index contributed by atoms with van der Waals surface area (Å²) in [5.41, 5.74) is 17.2. The van der Waals surface area contributed by atoms with Crippen molar-refractivity contribution in [1.82, 2.24) is 4.57 Å². The van der Waals surface area contributed by atoms with Gasteiger partial charge in [0.15, 0.2) is 5.58 Å². The molecule has 0 aliphatic rings. The zero-order valence-corrected chi connectivity index (χ0v) is 42.9. The molecule has 5 nitrogen and oxygen atoms in total. The normalized spacial score (nSPS) is 11.8. The number of rotatable bonds is 9. The molecule has 0 unspecified atom stereocenters. The number of hydrogen-bond donors (Lipinski definition) is 0. The minimum absolute atomic E-state index is 0.800. The number of aromatic nitrogens is 1. The van der Waals surface area contributed by atoms with Gasteiger partial charge in [0.1, 0.15) is 16.7 Å². The molecule has 366 valence electrons. The van der Waals surface area contributed by atoms with E-state index in [4.69, 9.17) is 8.83 Å². The van der Waals surface area contributed by atoms with Crippen LogP contribution in [0.5, 0.6) is 0 Å². The first kappa shape index (κ1) is 44.2. The Bertz CT molecular complexity index is 4980. The molecule has 0 aliphatic heterocycles. The van der Waals surface area contributed by atoms with Gasteiger partial charge >= 0.3 is 0 Å². The monoisotopic (exact) mass is 1020 g/mol. The third-order valence-corrected chi connectivity index (χ3v) is 16.7. The molecule has 0 fully saturated rings. The molecule has 12 aromatic carbocycles. The number of anilines is 6. The molecule has 0 aliphatic carbocycles. The highest BCUT2D eigenvalue weighted by molar-refractivity contribution is 7.26. The third-order valence-electron chi connectivity index (χ3n) is 15.5. The van der Waals surface area contributed by atoms with E-state index in [9.17, 15) is 0 Å². The first-order chi connectivity index (χ1) is 38.7. The molecule has 0 N–H and O–H groups in total. The van der Waals surface area contributed by atoms with Gasteiger partial charge in [0, 0.05) is 92.6 Å². The number of thiophene rings is 1. The minimum Gasteiger partial charge on any atom is -0.456 e. The zero-order valence-electron chi connectivity index (χ0n) is 42.0. The lowest BCUT2D eigenvalue weighted by Crippen LogP contribution is -2.14. The highest BCUT2D eigenvalue weighted by atomic mass is 32.1. The van der Waals surface area contributed by atoms with Crippen molar-refractivity contribution < 1.29 is 8.83 Å². The van der Waals surface area contributed by atoms with E-state index in [0.29, 0.717) is 0 Å². The Kier molecular flexibility index (Phi) is 10.0. The molecule has 16 aromatic rings. The predicted octanol–water partition coefficient (Wildman–Crippen LogP) is 21.2. The zero-order chi connectivity index (χ0) is 51.3. The van der Waals surface area contributed by atoms with Crippen LogP contribution in [0, 0.1) is 0 Å². The van der Waals surface area contributed by atoms with Crippen molar-refractivity contribution in [3.63, 3.8) is 0 Å². The Morgan fingerprint density at radius 1 is 0.333 bits per heavy atom. The van der Waals surface area contributed by atoms with E-state index in [0.717, 1.165) is 100 Å². The van der Waals surface area contributed by atoms with Crippen molar-refractivity contribution in [2.75, 3.05) is 9.80 Å². The van der Waals surface area contributed by atoms with Gasteiger partial charge in [0.25, 0.3) is 0 Å². The second-order valence-corrected chi connectivity index (χ2v) is 21.1. The van der Waals surface area contributed by atoms with Crippen LogP contribution in [-0.2, 0) is 0 Å². The molecular formula is C72H45N3O2S. The summed E-state index contributed by atoms with van der Waals surface area (Å²) in [4.78, 5) is 4.76. The van der Waals surface area contributed by atoms with Crippen LogP contribution in [0.15, 0.2) is 282 Å². The van der Waals surface area contributed by atoms with Gasteiger partial charge in [-0.3, -0.25) is 0 Å². The predicted molar refractivity (Wildman–Crippen MR) is 328 cm³/mol. The van der Waals surface area contributed by atoms with Crippen LogP contribution in [0.2, 0.25) is 0 Å². The summed E-state index contributed by atoms with van der Waals surface area (Å²) in [5.74, 6) is 0. The van der Waals surface area contributed by atoms with E-state index in [1.807, 2.05) is 29.5 Å². The van der Waals surface area contributed by atoms with E-state index >= 15 is 0 Å². The van der Waals surface area contributed by atoms with Gasteiger partial charge in [-0.25, -0.2) is 0 Å². The lowest BCUT2D eigenvalue weighted by atomic mass is 9.97. The molecule has 16 rings (SSSR count). The molecule has 0 saturated heterocycles. The maximum Gasteiger partial charge on any atom is 0.159 e. The quantitative estimate of drug-likeness (QED) is 0.144. The molecule has 0 atom stereocenters. The van der Waals surface area contributed by atoms with Gasteiger partial charge in [-0.15, -0.1) is 11.3 Å². The van der Waals surface area contributed by atoms with Gasteiger partial charge in [-0.1, -0.05) is 164 Å². The standard InChI is InChI=1S/C72H45N3O2S/c1-4-19-46(20-5-1)47-35-37-51(38-36-47)73(49-21-6-2-7-22-49)53-41-48(61-45-62-55-25-10-14-30-63(55)75(50-23-8-3-9-24-50)70(62)69-60-28-13-17-34-68(60)78-72(61)69)42-54(43-53)74(52-39-40-58-56-26-11-15-32-65(56)76-67(58)44-52)64-31-18-29-59-57-27-12-16-33-66(57)77-71(59)64/h1-45H. The molecule has 78 heavy (non-hydrogen) atoms. The Morgan fingerprint density at radius 3 is 1.69 bits per heavy atom. The van der Waals surface area contributed by atoms with Crippen LogP contribution in [-0.4, -0.2) is 4.57 Å². The Hall–Kier alpha value is -10.1. The lowest BCUT2D eigenvalue weighted by Gasteiger charge is -2.30. The van der Waals surface area contributed by atoms with Gasteiger partial charge in [0.05, 0.1) is 22.4 Å². The molecule has 0 radical (unpaired) electrons. The van der Waals surface area contributed by atoms with Gasteiger partial charge in [-0.05, 0) is 120 Å². The summed E-state index contributed by atoms with van der Waals surface area (Å²) >= 11 is 1.86. The largest absolute Gasteiger partial charge is 0.456 e. The van der Waals surface area contributed by atoms with Crippen molar-refractivity contribution >= 4 is 131 Å². The fraction of sp³-hybridized carbons (Fsp3) is 0. The van der Waals surface area contributed by atoms with E-state index in [2.05, 4.69) is 269 Å². The number of nitrogens with zero attached hydrogens (tertiary/aromatic N) is 3. The highest BCUT2D eigenvalue weighted by Crippen LogP contribution is 2.51. The van der Waals surface area contributed by atoms with E-state index < -0.39 is 0 Å². The SMILES string of the molecule is c1ccc(-c2ccc(N(c3ccccc3)c3cc(-c4cc5c6ccccc6n(-c6ccccc6)c5c5c4sc4ccccc45)cc(N(c4ccc5c(c4)oc4ccccc45)c4cccc5c4oc4ccccc45)c3)cc2)cc1. The average molecular weight is 1020 g/mol. The summed E-state index contributed by atoms with van der Waals surface area (Å²) in [7, 11) is 0. The van der Waals surface area contributed by atoms with E-state index in [1.54, 1.807) is 0 Å². The fourth-order valence-corrected chi connectivity index (χ4v) is 13.3. The van der Waals surface area contributed by atoms with Gasteiger partial charge in [0.2, 0.25) is 0 Å². The number of hydrogen-bond acceptors (Lipinski definition) is 5. The number of benzene rings is 12. The van der Waals surface area contributed by atoms with Crippen LogP contribution < -0.4 is 9.80 Å². The van der Waals surface area contributed by atoms with Crippen LogP contribution in [0.4, 0.5) is 34.1 Å². The van der Waals surface area contributed by atoms with Crippen LogP contribution in [0.1, 0.15) is 0 Å². The van der Waals surface area contributed by atoms with Crippen molar-refractivity contribution in [2.45, 2.75) is 0 Å². The molecule has 4 heterocycles. The Labute approximate surface area is 452 Å². The molecule has 0 saturated carbocycles. The van der Waals surface area contributed by atoms with Crippen molar-refractivity contribution in [1.29, 1.82) is 0 Å². The summed E-state index contributed by atoms with van der Waals surface area (Å²) < 4.78 is 18.6. The van der Waals surface area contributed by atoms with E-state index in [-0.39, 0.29) is 0 Å². The molecule has 0 amide bonds.